The first-order chi connectivity index (χ1) is 11.9. The molecule has 1 fully saturated rings. The molecule has 0 radical (unpaired) electrons. The predicted octanol–water partition coefficient (Wildman–Crippen LogP) is 2.95. The van der Waals surface area contributed by atoms with Crippen LogP contribution in [0.1, 0.15) is 45.1 Å². The third kappa shape index (κ3) is 7.88. The van der Waals surface area contributed by atoms with Crippen molar-refractivity contribution in [2.75, 3.05) is 20.1 Å². The van der Waals surface area contributed by atoms with Crippen molar-refractivity contribution >= 4 is 35.8 Å². The van der Waals surface area contributed by atoms with Crippen LogP contribution in [0.4, 0.5) is 4.39 Å². The lowest BCUT2D eigenvalue weighted by Gasteiger charge is -2.26. The Balaban J connectivity index is 0.00000338. The smallest absolute Gasteiger partial charge is 0.220 e. The third-order valence-corrected chi connectivity index (χ3v) is 4.34. The quantitative estimate of drug-likeness (QED) is 0.234. The molecule has 5 nitrogen and oxygen atoms in total. The number of halogens is 2. The van der Waals surface area contributed by atoms with E-state index in [0.29, 0.717) is 31.5 Å². The Morgan fingerprint density at radius 2 is 2.04 bits per heavy atom. The maximum atomic E-state index is 13.4. The number of rotatable bonds is 8. The van der Waals surface area contributed by atoms with Crippen molar-refractivity contribution in [3.8, 4) is 0 Å². The lowest BCUT2D eigenvalue weighted by atomic mass is 9.84. The van der Waals surface area contributed by atoms with Crippen LogP contribution >= 0.6 is 24.0 Å². The number of carbonyl (C=O) groups excluding carboxylic acids is 1. The maximum absolute atomic E-state index is 13.4. The van der Waals surface area contributed by atoms with Crippen molar-refractivity contribution < 1.29 is 9.18 Å². The van der Waals surface area contributed by atoms with E-state index in [1.54, 1.807) is 19.2 Å². The molecule has 0 saturated heterocycles. The zero-order valence-corrected chi connectivity index (χ0v) is 18.1. The van der Waals surface area contributed by atoms with Gasteiger partial charge in [-0.25, -0.2) is 4.39 Å². The summed E-state index contributed by atoms with van der Waals surface area (Å²) in [4.78, 5) is 15.8. The summed E-state index contributed by atoms with van der Waals surface area (Å²) in [5.41, 5.74) is 0.705. The van der Waals surface area contributed by atoms with Gasteiger partial charge in [0.2, 0.25) is 5.91 Å². The molecule has 0 unspecified atom stereocenters. The highest BCUT2D eigenvalue weighted by atomic mass is 127. The summed E-state index contributed by atoms with van der Waals surface area (Å²) in [6, 6.07) is 7.09. The summed E-state index contributed by atoms with van der Waals surface area (Å²) in [6.07, 6.45) is 3.51. The molecule has 1 aliphatic carbocycles. The molecular weight excluding hydrogens is 446 g/mol. The van der Waals surface area contributed by atoms with Crippen molar-refractivity contribution in [1.82, 2.24) is 16.0 Å². The molecular formula is C19H30FIN4O. The van der Waals surface area contributed by atoms with Gasteiger partial charge in [-0.05, 0) is 37.0 Å². The Labute approximate surface area is 172 Å². The van der Waals surface area contributed by atoms with E-state index in [9.17, 15) is 9.18 Å². The van der Waals surface area contributed by atoms with E-state index >= 15 is 0 Å². The molecule has 0 aliphatic heterocycles. The molecule has 0 spiro atoms. The minimum atomic E-state index is -0.232. The fraction of sp³-hybridized carbons (Fsp3) is 0.579. The monoisotopic (exact) mass is 476 g/mol. The summed E-state index contributed by atoms with van der Waals surface area (Å²) in [7, 11) is 1.71. The first-order valence-electron chi connectivity index (χ1n) is 8.90. The van der Waals surface area contributed by atoms with Gasteiger partial charge < -0.3 is 16.0 Å². The highest BCUT2D eigenvalue weighted by molar-refractivity contribution is 14.0. The highest BCUT2D eigenvalue weighted by Crippen LogP contribution is 2.22. The van der Waals surface area contributed by atoms with Crippen molar-refractivity contribution in [1.29, 1.82) is 0 Å². The average molecular weight is 476 g/mol. The summed E-state index contributed by atoms with van der Waals surface area (Å²) in [5.74, 6) is 0.587. The lowest BCUT2D eigenvalue weighted by molar-refractivity contribution is -0.121. The first-order valence-corrected chi connectivity index (χ1v) is 8.90. The fourth-order valence-corrected chi connectivity index (χ4v) is 2.52. The number of carbonyl (C=O) groups is 1. The number of hydrogen-bond donors (Lipinski definition) is 3. The van der Waals surface area contributed by atoms with E-state index in [2.05, 4.69) is 34.8 Å². The molecule has 7 heteroatoms. The van der Waals surface area contributed by atoms with Gasteiger partial charge in [0.15, 0.2) is 5.96 Å². The maximum Gasteiger partial charge on any atom is 0.220 e. The second-order valence-corrected chi connectivity index (χ2v) is 7.19. The molecule has 0 bridgehead atoms. The summed E-state index contributed by atoms with van der Waals surface area (Å²) in [6.45, 7) is 5.42. The second-order valence-electron chi connectivity index (χ2n) is 7.19. The molecule has 0 heterocycles. The number of nitrogens with zero attached hydrogens (tertiary/aromatic N) is 1. The van der Waals surface area contributed by atoms with Gasteiger partial charge in [0.05, 0.1) is 0 Å². The Bertz CT molecular complexity index is 617. The number of benzene rings is 1. The molecule has 0 atom stereocenters. The zero-order chi connectivity index (χ0) is 18.3. The molecule has 1 saturated carbocycles. The molecule has 1 aliphatic rings. The van der Waals surface area contributed by atoms with Crippen LogP contribution in [0.15, 0.2) is 29.3 Å². The van der Waals surface area contributed by atoms with Crippen molar-refractivity contribution in [2.45, 2.75) is 51.0 Å². The Morgan fingerprint density at radius 3 is 2.65 bits per heavy atom. The summed E-state index contributed by atoms with van der Waals surface area (Å²) in [5, 5.41) is 9.47. The van der Waals surface area contributed by atoms with E-state index in [-0.39, 0.29) is 41.1 Å². The lowest BCUT2D eigenvalue weighted by Crippen LogP contribution is -2.43. The normalized spacial score (nSPS) is 14.4. The SMILES string of the molecule is CN=C(NCCCC(=O)NC1CC1)NCC(C)(C)c1cccc(F)c1.I. The summed E-state index contributed by atoms with van der Waals surface area (Å²) >= 11 is 0. The van der Waals surface area contributed by atoms with E-state index in [0.717, 1.165) is 24.8 Å². The number of guanidine groups is 1. The zero-order valence-electron chi connectivity index (χ0n) is 15.8. The van der Waals surface area contributed by atoms with Crippen LogP contribution < -0.4 is 16.0 Å². The van der Waals surface area contributed by atoms with Crippen LogP contribution in [0.2, 0.25) is 0 Å². The largest absolute Gasteiger partial charge is 0.356 e. The Hall–Kier alpha value is -1.38. The van der Waals surface area contributed by atoms with Gasteiger partial charge in [0.25, 0.3) is 0 Å². The Morgan fingerprint density at radius 1 is 1.31 bits per heavy atom. The van der Waals surface area contributed by atoms with E-state index in [1.807, 2.05) is 6.07 Å². The van der Waals surface area contributed by atoms with E-state index in [1.165, 1.54) is 6.07 Å². The molecule has 0 aromatic heterocycles. The van der Waals surface area contributed by atoms with Gasteiger partial charge in [-0.3, -0.25) is 9.79 Å². The van der Waals surface area contributed by atoms with Crippen LogP contribution in [0, 0.1) is 5.82 Å². The number of aliphatic imine (C=N–C) groups is 1. The van der Waals surface area contributed by atoms with Crippen molar-refractivity contribution in [3.63, 3.8) is 0 Å². The van der Waals surface area contributed by atoms with E-state index < -0.39 is 0 Å². The topological polar surface area (TPSA) is 65.5 Å². The van der Waals surface area contributed by atoms with Gasteiger partial charge >= 0.3 is 0 Å². The molecule has 1 aromatic rings. The standard InChI is InChI=1S/C19H29FN4O.HI/c1-19(2,14-6-4-7-15(20)12-14)13-23-18(21-3)22-11-5-8-17(25)24-16-9-10-16;/h4,6-7,12,16H,5,8-11,13H2,1-3H3,(H,24,25)(H2,21,22,23);1H. The van der Waals surface area contributed by atoms with Gasteiger partial charge in [-0.1, -0.05) is 26.0 Å². The molecule has 3 N–H and O–H groups in total. The molecule has 1 amide bonds. The van der Waals surface area contributed by atoms with E-state index in [4.69, 9.17) is 0 Å². The molecule has 2 rings (SSSR count). The first kappa shape index (κ1) is 22.7. The predicted molar refractivity (Wildman–Crippen MR) is 115 cm³/mol. The van der Waals surface area contributed by atoms with Gasteiger partial charge in [-0.15, -0.1) is 24.0 Å². The van der Waals surface area contributed by atoms with Crippen LogP contribution in [-0.4, -0.2) is 38.0 Å². The number of nitrogens with one attached hydrogen (secondary N) is 3. The number of hydrogen-bond acceptors (Lipinski definition) is 2. The number of amides is 1. The second kappa shape index (κ2) is 10.7. The van der Waals surface area contributed by atoms with Crippen LogP contribution in [0.5, 0.6) is 0 Å². The van der Waals surface area contributed by atoms with Gasteiger partial charge in [0, 0.05) is 38.0 Å². The minimum absolute atomic E-state index is 0. The highest BCUT2D eigenvalue weighted by Gasteiger charge is 2.23. The molecule has 1 aromatic carbocycles. The van der Waals surface area contributed by atoms with Crippen LogP contribution in [-0.2, 0) is 10.2 Å². The molecule has 146 valence electrons. The Kier molecular flexibility index (Phi) is 9.32. The van der Waals surface area contributed by atoms with Gasteiger partial charge in [-0.2, -0.15) is 0 Å². The minimum Gasteiger partial charge on any atom is -0.356 e. The van der Waals surface area contributed by atoms with Crippen LogP contribution in [0.25, 0.3) is 0 Å². The fourth-order valence-electron chi connectivity index (χ4n) is 2.52. The van der Waals surface area contributed by atoms with Crippen LogP contribution in [0.3, 0.4) is 0 Å². The average Bonchev–Trinajstić information content (AvgIpc) is 3.38. The van der Waals surface area contributed by atoms with Crippen molar-refractivity contribution in [2.24, 2.45) is 4.99 Å². The molecule has 26 heavy (non-hydrogen) atoms. The van der Waals surface area contributed by atoms with Gasteiger partial charge in [0.1, 0.15) is 5.82 Å². The van der Waals surface area contributed by atoms with Crippen molar-refractivity contribution in [3.05, 3.63) is 35.6 Å². The summed E-state index contributed by atoms with van der Waals surface area (Å²) < 4.78 is 13.4. The third-order valence-electron chi connectivity index (χ3n) is 4.34.